The molecule has 0 saturated carbocycles. The third-order valence-corrected chi connectivity index (χ3v) is 10.3. The molecule has 12 heteroatoms. The van der Waals surface area contributed by atoms with Gasteiger partial charge in [0.05, 0.1) is 13.2 Å². The maximum Gasteiger partial charge on any atom is 0.472 e. The summed E-state index contributed by atoms with van der Waals surface area (Å²) in [6.45, 7) is 2.58. The maximum absolute atomic E-state index is 12.3. The summed E-state index contributed by atoms with van der Waals surface area (Å²) in [5.74, 6) is -2.36. The van der Waals surface area contributed by atoms with E-state index in [-0.39, 0.29) is 12.8 Å². The summed E-state index contributed by atoms with van der Waals surface area (Å²) in [6, 6.07) is -1.54. The first-order valence-corrected chi connectivity index (χ1v) is 22.6. The minimum Gasteiger partial charge on any atom is -0.480 e. The summed E-state index contributed by atoms with van der Waals surface area (Å²) in [5.41, 5.74) is 0. The van der Waals surface area contributed by atoms with Crippen LogP contribution in [-0.4, -0.2) is 64.9 Å². The van der Waals surface area contributed by atoms with Gasteiger partial charge < -0.3 is 25.2 Å². The lowest BCUT2D eigenvalue weighted by Crippen LogP contribution is -2.43. The Kier molecular flexibility index (Phi) is 35.4. The van der Waals surface area contributed by atoms with Gasteiger partial charge in [-0.05, 0) is 12.8 Å². The van der Waals surface area contributed by atoms with Crippen molar-refractivity contribution in [2.45, 2.75) is 219 Å². The van der Waals surface area contributed by atoms with Crippen LogP contribution in [0.15, 0.2) is 0 Å². The van der Waals surface area contributed by atoms with Crippen molar-refractivity contribution < 1.29 is 47.8 Å². The number of rotatable bonds is 40. The second-order valence-electron chi connectivity index (χ2n) is 14.5. The molecular formula is C40H78NO10P. The molecule has 0 heterocycles. The Morgan fingerprint density at radius 3 is 1.27 bits per heavy atom. The Morgan fingerprint density at radius 1 is 0.538 bits per heavy atom. The van der Waals surface area contributed by atoms with E-state index in [2.05, 4.69) is 19.2 Å². The molecule has 0 rings (SSSR count). The molecule has 0 aliphatic heterocycles. The normalized spacial score (nSPS) is 13.8. The third kappa shape index (κ3) is 35.5. The number of phosphoric ester groups is 1. The molecule has 0 saturated heterocycles. The average Bonchev–Trinajstić information content (AvgIpc) is 3.11. The van der Waals surface area contributed by atoms with Gasteiger partial charge >= 0.3 is 19.8 Å². The first-order valence-electron chi connectivity index (χ1n) is 21.1. The lowest BCUT2D eigenvalue weighted by Gasteiger charge is -2.18. The molecule has 3 unspecified atom stereocenters. The van der Waals surface area contributed by atoms with Crippen molar-refractivity contribution in [1.82, 2.24) is 5.32 Å². The zero-order valence-corrected chi connectivity index (χ0v) is 34.0. The van der Waals surface area contributed by atoms with Crippen LogP contribution in [-0.2, 0) is 32.7 Å². The molecule has 52 heavy (non-hydrogen) atoms. The fraction of sp³-hybridized carbons (Fsp3) is 0.925. The van der Waals surface area contributed by atoms with E-state index in [1.165, 1.54) is 128 Å². The summed E-state index contributed by atoms with van der Waals surface area (Å²) in [7, 11) is -4.74. The number of hydrogen-bond acceptors (Lipinski definition) is 8. The first kappa shape index (κ1) is 50.5. The molecular weight excluding hydrogens is 685 g/mol. The molecule has 4 N–H and O–H groups in total. The highest BCUT2D eigenvalue weighted by molar-refractivity contribution is 7.47. The molecule has 0 aromatic heterocycles. The van der Waals surface area contributed by atoms with Crippen LogP contribution in [0.5, 0.6) is 0 Å². The lowest BCUT2D eigenvalue weighted by molar-refractivity contribution is -0.147. The minimum absolute atomic E-state index is 0.153. The molecule has 0 radical (unpaired) electrons. The Morgan fingerprint density at radius 2 is 0.885 bits per heavy atom. The number of hydrogen-bond donors (Lipinski definition) is 4. The number of amides is 1. The largest absolute Gasteiger partial charge is 0.480 e. The number of carbonyl (C=O) groups excluding carboxylic acids is 2. The second-order valence-corrected chi connectivity index (χ2v) is 16.0. The van der Waals surface area contributed by atoms with Gasteiger partial charge in [-0.3, -0.25) is 18.6 Å². The first-order chi connectivity index (χ1) is 25.1. The van der Waals surface area contributed by atoms with E-state index in [4.69, 9.17) is 13.8 Å². The van der Waals surface area contributed by atoms with Gasteiger partial charge in [-0.25, -0.2) is 9.36 Å². The van der Waals surface area contributed by atoms with E-state index in [1.54, 1.807) is 0 Å². The molecule has 3 atom stereocenters. The van der Waals surface area contributed by atoms with E-state index < -0.39 is 57.6 Å². The van der Waals surface area contributed by atoms with Crippen LogP contribution in [0.1, 0.15) is 206 Å². The maximum atomic E-state index is 12.3. The number of esters is 1. The van der Waals surface area contributed by atoms with Crippen molar-refractivity contribution >= 4 is 25.7 Å². The van der Waals surface area contributed by atoms with Crippen molar-refractivity contribution in [3.05, 3.63) is 0 Å². The molecule has 0 aromatic carbocycles. The third-order valence-electron chi connectivity index (χ3n) is 9.40. The molecule has 0 aliphatic rings. The highest BCUT2D eigenvalue weighted by Gasteiger charge is 2.28. The second kappa shape index (κ2) is 36.5. The highest BCUT2D eigenvalue weighted by Crippen LogP contribution is 2.43. The Hall–Kier alpha value is -1.52. The van der Waals surface area contributed by atoms with Crippen molar-refractivity contribution in [2.24, 2.45) is 0 Å². The van der Waals surface area contributed by atoms with Crippen LogP contribution in [0.3, 0.4) is 0 Å². The number of nitrogens with one attached hydrogen (secondary N) is 1. The Balaban J connectivity index is 3.86. The topological polar surface area (TPSA) is 169 Å². The molecule has 0 spiro atoms. The fourth-order valence-corrected chi connectivity index (χ4v) is 6.85. The van der Waals surface area contributed by atoms with Gasteiger partial charge in [0.25, 0.3) is 0 Å². The molecule has 1 amide bonds. The van der Waals surface area contributed by atoms with Crippen molar-refractivity contribution in [3.63, 3.8) is 0 Å². The van der Waals surface area contributed by atoms with E-state index >= 15 is 0 Å². The summed E-state index contributed by atoms with van der Waals surface area (Å²) >= 11 is 0. The van der Waals surface area contributed by atoms with Crippen molar-refractivity contribution in [3.8, 4) is 0 Å². The zero-order valence-electron chi connectivity index (χ0n) is 33.1. The quantitative estimate of drug-likeness (QED) is 0.0268. The van der Waals surface area contributed by atoms with Crippen LogP contribution >= 0.6 is 7.82 Å². The van der Waals surface area contributed by atoms with Gasteiger partial charge in [0.2, 0.25) is 5.91 Å². The SMILES string of the molecule is CCCCCCCCCCCCCCCCCCCCCC(=O)NC(COP(=O)(O)OCC(O)COC(=O)CCCCCCCCCCC)C(=O)O. The molecule has 0 aromatic rings. The van der Waals surface area contributed by atoms with Gasteiger partial charge in [-0.15, -0.1) is 0 Å². The summed E-state index contributed by atoms with van der Waals surface area (Å²) < 4.78 is 26.7. The summed E-state index contributed by atoms with van der Waals surface area (Å²) in [5, 5.41) is 21.8. The van der Waals surface area contributed by atoms with Crippen LogP contribution in [0.2, 0.25) is 0 Å². The van der Waals surface area contributed by atoms with Crippen LogP contribution in [0, 0.1) is 0 Å². The van der Waals surface area contributed by atoms with Crippen LogP contribution in [0.25, 0.3) is 0 Å². The van der Waals surface area contributed by atoms with Gasteiger partial charge in [0.1, 0.15) is 12.7 Å². The molecule has 0 fully saturated rings. The van der Waals surface area contributed by atoms with Crippen LogP contribution in [0.4, 0.5) is 0 Å². The van der Waals surface area contributed by atoms with Gasteiger partial charge in [0.15, 0.2) is 6.04 Å². The number of carboxylic acid groups (broad SMARTS) is 1. The number of phosphoric acid groups is 1. The zero-order chi connectivity index (χ0) is 38.5. The van der Waals surface area contributed by atoms with Crippen molar-refractivity contribution in [2.75, 3.05) is 19.8 Å². The number of aliphatic hydroxyl groups excluding tert-OH is 1. The molecule has 0 aliphatic carbocycles. The standard InChI is InChI=1S/C40H78NO10P/c1-3-5-7-9-11-13-14-15-16-17-18-19-20-21-22-24-25-27-29-31-38(43)41-37(40(45)46)35-51-52(47,48)50-34-36(42)33-49-39(44)32-30-28-26-23-12-10-8-6-4-2/h36-37,42H,3-35H2,1-2H3,(H,41,43)(H,45,46)(H,47,48). The van der Waals surface area contributed by atoms with E-state index in [0.29, 0.717) is 12.8 Å². The van der Waals surface area contributed by atoms with E-state index in [1.807, 2.05) is 0 Å². The Labute approximate surface area is 316 Å². The molecule has 11 nitrogen and oxygen atoms in total. The van der Waals surface area contributed by atoms with Crippen LogP contribution < -0.4 is 5.32 Å². The predicted molar refractivity (Wildman–Crippen MR) is 208 cm³/mol. The fourth-order valence-electron chi connectivity index (χ4n) is 6.08. The number of unbranched alkanes of at least 4 members (excludes halogenated alkanes) is 26. The lowest BCUT2D eigenvalue weighted by atomic mass is 10.0. The highest BCUT2D eigenvalue weighted by atomic mass is 31.2. The number of carboxylic acids is 1. The van der Waals surface area contributed by atoms with E-state index in [0.717, 1.165) is 38.5 Å². The van der Waals surface area contributed by atoms with Gasteiger partial charge in [-0.1, -0.05) is 181 Å². The number of ether oxygens (including phenoxy) is 1. The monoisotopic (exact) mass is 764 g/mol. The molecule has 308 valence electrons. The number of carbonyl (C=O) groups is 3. The van der Waals surface area contributed by atoms with E-state index in [9.17, 15) is 34.1 Å². The summed E-state index contributed by atoms with van der Waals surface area (Å²) in [6.07, 6.45) is 32.8. The smallest absolute Gasteiger partial charge is 0.472 e. The van der Waals surface area contributed by atoms with Gasteiger partial charge in [-0.2, -0.15) is 0 Å². The number of aliphatic carboxylic acids is 1. The Bertz CT molecular complexity index is 906. The number of aliphatic hydroxyl groups is 1. The van der Waals surface area contributed by atoms with Gasteiger partial charge in [0, 0.05) is 12.8 Å². The predicted octanol–water partition coefficient (Wildman–Crippen LogP) is 10.3. The minimum atomic E-state index is -4.74. The summed E-state index contributed by atoms with van der Waals surface area (Å²) in [4.78, 5) is 45.7. The average molecular weight is 764 g/mol. The van der Waals surface area contributed by atoms with Crippen molar-refractivity contribution in [1.29, 1.82) is 0 Å². The molecule has 0 bridgehead atoms.